The molecule has 0 bridgehead atoms. The molecule has 1 N–H and O–H groups in total. The predicted molar refractivity (Wildman–Crippen MR) is 107 cm³/mol. The van der Waals surface area contributed by atoms with Gasteiger partial charge in [0.1, 0.15) is 11.9 Å². The standard InChI is InChI=1S/C21H27N5O2/c1-14(2)18(21(27)26-10-12-28-13-11-26)24-20-16-4-3-5-17(16)23-19(25-20)15-6-8-22-9-7-15/h6-9,14,18H,3-5,10-13H2,1-2H3,(H,23,24,25). The lowest BCUT2D eigenvalue weighted by Gasteiger charge is -2.32. The quantitative estimate of drug-likeness (QED) is 0.856. The molecule has 1 aliphatic heterocycles. The van der Waals surface area contributed by atoms with E-state index in [-0.39, 0.29) is 17.9 Å². The zero-order chi connectivity index (χ0) is 19.5. The average molecular weight is 381 g/mol. The molecule has 2 aromatic heterocycles. The first-order valence-corrected chi connectivity index (χ1v) is 10.1. The van der Waals surface area contributed by atoms with E-state index in [1.54, 1.807) is 12.4 Å². The number of aryl methyl sites for hydroxylation is 1. The Labute approximate surface area is 165 Å². The van der Waals surface area contributed by atoms with Crippen LogP contribution >= 0.6 is 0 Å². The largest absolute Gasteiger partial charge is 0.378 e. The van der Waals surface area contributed by atoms with Gasteiger partial charge in [0.15, 0.2) is 5.82 Å². The van der Waals surface area contributed by atoms with Gasteiger partial charge in [-0.1, -0.05) is 13.8 Å². The van der Waals surface area contributed by atoms with E-state index in [0.29, 0.717) is 32.1 Å². The molecule has 2 aliphatic rings. The maximum absolute atomic E-state index is 13.2. The van der Waals surface area contributed by atoms with Crippen molar-refractivity contribution in [1.29, 1.82) is 0 Å². The zero-order valence-electron chi connectivity index (χ0n) is 16.5. The molecular weight excluding hydrogens is 354 g/mol. The van der Waals surface area contributed by atoms with Crippen molar-refractivity contribution in [2.24, 2.45) is 5.92 Å². The molecule has 0 aromatic carbocycles. The second-order valence-electron chi connectivity index (χ2n) is 7.71. The number of nitrogens with one attached hydrogen (secondary N) is 1. The number of hydrogen-bond donors (Lipinski definition) is 1. The topological polar surface area (TPSA) is 80.2 Å². The van der Waals surface area contributed by atoms with Crippen molar-refractivity contribution in [3.63, 3.8) is 0 Å². The lowest BCUT2D eigenvalue weighted by molar-refractivity contribution is -0.137. The summed E-state index contributed by atoms with van der Waals surface area (Å²) in [6.45, 7) is 6.64. The molecule has 0 spiro atoms. The van der Waals surface area contributed by atoms with Crippen LogP contribution in [0.1, 0.15) is 31.5 Å². The molecule has 1 fully saturated rings. The van der Waals surface area contributed by atoms with Gasteiger partial charge in [0.25, 0.3) is 0 Å². The van der Waals surface area contributed by atoms with Crippen LogP contribution in [0.4, 0.5) is 5.82 Å². The summed E-state index contributed by atoms with van der Waals surface area (Å²) >= 11 is 0. The van der Waals surface area contributed by atoms with Crippen molar-refractivity contribution in [3.05, 3.63) is 35.8 Å². The van der Waals surface area contributed by atoms with Crippen molar-refractivity contribution >= 4 is 11.7 Å². The third kappa shape index (κ3) is 3.85. The van der Waals surface area contributed by atoms with Gasteiger partial charge in [0.2, 0.25) is 5.91 Å². The van der Waals surface area contributed by atoms with Gasteiger partial charge < -0.3 is 15.0 Å². The molecule has 148 valence electrons. The monoisotopic (exact) mass is 381 g/mol. The molecular formula is C21H27N5O2. The van der Waals surface area contributed by atoms with E-state index in [1.807, 2.05) is 17.0 Å². The molecule has 4 rings (SSSR count). The van der Waals surface area contributed by atoms with E-state index in [0.717, 1.165) is 41.9 Å². The van der Waals surface area contributed by atoms with Gasteiger partial charge >= 0.3 is 0 Å². The van der Waals surface area contributed by atoms with Crippen LogP contribution in [0.5, 0.6) is 0 Å². The smallest absolute Gasteiger partial charge is 0.245 e. The zero-order valence-corrected chi connectivity index (χ0v) is 16.5. The third-order valence-corrected chi connectivity index (χ3v) is 5.42. The van der Waals surface area contributed by atoms with Gasteiger partial charge in [-0.25, -0.2) is 9.97 Å². The molecule has 1 saturated heterocycles. The Morgan fingerprint density at radius 2 is 1.89 bits per heavy atom. The molecule has 1 aliphatic carbocycles. The number of ether oxygens (including phenoxy) is 1. The first-order valence-electron chi connectivity index (χ1n) is 10.1. The molecule has 0 radical (unpaired) electrons. The SMILES string of the molecule is CC(C)C(Nc1nc(-c2ccncc2)nc2c1CCC2)C(=O)N1CCOCC1. The maximum atomic E-state index is 13.2. The fraction of sp³-hybridized carbons (Fsp3) is 0.524. The minimum absolute atomic E-state index is 0.120. The summed E-state index contributed by atoms with van der Waals surface area (Å²) in [5, 5.41) is 3.49. The van der Waals surface area contributed by atoms with Crippen LogP contribution in [0.2, 0.25) is 0 Å². The van der Waals surface area contributed by atoms with Crippen LogP contribution in [0.15, 0.2) is 24.5 Å². The molecule has 1 atom stereocenters. The summed E-state index contributed by atoms with van der Waals surface area (Å²) in [4.78, 5) is 28.7. The highest BCUT2D eigenvalue weighted by atomic mass is 16.5. The molecule has 7 heteroatoms. The number of carbonyl (C=O) groups excluding carboxylic acids is 1. The number of hydrogen-bond acceptors (Lipinski definition) is 6. The van der Waals surface area contributed by atoms with Crippen molar-refractivity contribution in [2.75, 3.05) is 31.6 Å². The Morgan fingerprint density at radius 1 is 1.14 bits per heavy atom. The van der Waals surface area contributed by atoms with Crippen molar-refractivity contribution in [3.8, 4) is 11.4 Å². The number of amides is 1. The number of carbonyl (C=O) groups is 1. The number of pyridine rings is 1. The maximum Gasteiger partial charge on any atom is 0.245 e. The second kappa shape index (κ2) is 8.22. The molecule has 1 unspecified atom stereocenters. The fourth-order valence-electron chi connectivity index (χ4n) is 3.82. The van der Waals surface area contributed by atoms with Gasteiger partial charge in [0, 0.05) is 42.3 Å². The number of morpholine rings is 1. The number of aromatic nitrogens is 3. The van der Waals surface area contributed by atoms with Crippen LogP contribution in [0.25, 0.3) is 11.4 Å². The van der Waals surface area contributed by atoms with Gasteiger partial charge in [-0.3, -0.25) is 9.78 Å². The molecule has 3 heterocycles. The van der Waals surface area contributed by atoms with Gasteiger partial charge in [0.05, 0.1) is 13.2 Å². The first kappa shape index (κ1) is 18.8. The van der Waals surface area contributed by atoms with Crippen molar-refractivity contribution in [1.82, 2.24) is 19.9 Å². The normalized spacial score (nSPS) is 17.5. The number of nitrogens with zero attached hydrogens (tertiary/aromatic N) is 4. The molecule has 28 heavy (non-hydrogen) atoms. The van der Waals surface area contributed by atoms with Crippen molar-refractivity contribution < 1.29 is 9.53 Å². The minimum Gasteiger partial charge on any atom is -0.378 e. The molecule has 7 nitrogen and oxygen atoms in total. The number of rotatable bonds is 5. The Morgan fingerprint density at radius 3 is 2.61 bits per heavy atom. The van der Waals surface area contributed by atoms with E-state index in [2.05, 4.69) is 24.1 Å². The van der Waals surface area contributed by atoms with Crippen LogP contribution < -0.4 is 5.32 Å². The average Bonchev–Trinajstić information content (AvgIpc) is 3.21. The van der Waals surface area contributed by atoms with Crippen LogP contribution in [-0.2, 0) is 22.4 Å². The highest BCUT2D eigenvalue weighted by Crippen LogP contribution is 2.30. The summed E-state index contributed by atoms with van der Waals surface area (Å²) in [6, 6.07) is 3.52. The summed E-state index contributed by atoms with van der Waals surface area (Å²) in [5.41, 5.74) is 3.18. The Hall–Kier alpha value is -2.54. The minimum atomic E-state index is -0.317. The molecule has 1 amide bonds. The summed E-state index contributed by atoms with van der Waals surface area (Å²) < 4.78 is 5.39. The van der Waals surface area contributed by atoms with E-state index in [1.165, 1.54) is 0 Å². The number of fused-ring (bicyclic) bond motifs is 1. The summed E-state index contributed by atoms with van der Waals surface area (Å²) in [6.07, 6.45) is 6.47. The van der Waals surface area contributed by atoms with Crippen LogP contribution in [0.3, 0.4) is 0 Å². The lowest BCUT2D eigenvalue weighted by atomic mass is 10.0. The summed E-state index contributed by atoms with van der Waals surface area (Å²) in [5.74, 6) is 1.75. The van der Waals surface area contributed by atoms with Crippen LogP contribution in [0, 0.1) is 5.92 Å². The van der Waals surface area contributed by atoms with Gasteiger partial charge in [-0.2, -0.15) is 0 Å². The summed E-state index contributed by atoms with van der Waals surface area (Å²) in [7, 11) is 0. The highest BCUT2D eigenvalue weighted by molar-refractivity contribution is 5.85. The fourth-order valence-corrected chi connectivity index (χ4v) is 3.82. The van der Waals surface area contributed by atoms with Gasteiger partial charge in [-0.15, -0.1) is 0 Å². The van der Waals surface area contributed by atoms with Gasteiger partial charge in [-0.05, 0) is 37.3 Å². The molecule has 0 saturated carbocycles. The van der Waals surface area contributed by atoms with Crippen molar-refractivity contribution in [2.45, 2.75) is 39.2 Å². The lowest BCUT2D eigenvalue weighted by Crippen LogP contribution is -2.50. The van der Waals surface area contributed by atoms with Crippen LogP contribution in [-0.4, -0.2) is 58.1 Å². The Bertz CT molecular complexity index is 834. The second-order valence-corrected chi connectivity index (χ2v) is 7.71. The van der Waals surface area contributed by atoms with E-state index >= 15 is 0 Å². The Kier molecular flexibility index (Phi) is 5.52. The van der Waals surface area contributed by atoms with E-state index < -0.39 is 0 Å². The predicted octanol–water partition coefficient (Wildman–Crippen LogP) is 2.32. The molecule has 2 aromatic rings. The van der Waals surface area contributed by atoms with E-state index in [9.17, 15) is 4.79 Å². The number of anilines is 1. The highest BCUT2D eigenvalue weighted by Gasteiger charge is 2.30. The first-order chi connectivity index (χ1) is 13.6. The Balaban J connectivity index is 1.65. The van der Waals surface area contributed by atoms with E-state index in [4.69, 9.17) is 14.7 Å². The third-order valence-electron chi connectivity index (χ3n) is 5.42.